The number of fused-ring (bicyclic) bond motifs is 1. The fourth-order valence-electron chi connectivity index (χ4n) is 3.12. The lowest BCUT2D eigenvalue weighted by molar-refractivity contribution is 0.465. The van der Waals surface area contributed by atoms with Crippen molar-refractivity contribution in [2.45, 2.75) is 38.8 Å². The number of benzene rings is 2. The monoisotopic (exact) mass is 329 g/mol. The largest absolute Gasteiger partial charge is 0.303 e. The lowest BCUT2D eigenvalue weighted by Gasteiger charge is -2.21. The van der Waals surface area contributed by atoms with Gasteiger partial charge in [-0.1, -0.05) is 57.9 Å². The topological polar surface area (TPSA) is 12.0 Å². The number of hydrogen-bond donors (Lipinski definition) is 1. The summed E-state index contributed by atoms with van der Waals surface area (Å²) >= 11 is 3.67. The molecule has 2 aromatic carbocycles. The van der Waals surface area contributed by atoms with Gasteiger partial charge < -0.3 is 5.32 Å². The minimum absolute atomic E-state index is 0.379. The fraction of sp³-hybridized carbons (Fsp3) is 0.333. The van der Waals surface area contributed by atoms with E-state index in [1.165, 1.54) is 33.1 Å². The second kappa shape index (κ2) is 5.71. The van der Waals surface area contributed by atoms with E-state index >= 15 is 0 Å². The first-order valence-electron chi connectivity index (χ1n) is 7.25. The van der Waals surface area contributed by atoms with E-state index in [4.69, 9.17) is 0 Å². The molecule has 20 heavy (non-hydrogen) atoms. The van der Waals surface area contributed by atoms with Crippen LogP contribution in [-0.4, -0.2) is 0 Å². The van der Waals surface area contributed by atoms with Gasteiger partial charge in [-0.2, -0.15) is 0 Å². The van der Waals surface area contributed by atoms with Crippen LogP contribution >= 0.6 is 15.9 Å². The van der Waals surface area contributed by atoms with Crippen LogP contribution in [0.4, 0.5) is 0 Å². The van der Waals surface area contributed by atoms with Gasteiger partial charge in [-0.25, -0.2) is 0 Å². The van der Waals surface area contributed by atoms with Crippen molar-refractivity contribution in [3.05, 3.63) is 69.2 Å². The molecule has 0 spiro atoms. The molecule has 0 aromatic heterocycles. The van der Waals surface area contributed by atoms with Gasteiger partial charge >= 0.3 is 0 Å². The third-order valence-electron chi connectivity index (χ3n) is 4.21. The summed E-state index contributed by atoms with van der Waals surface area (Å²) in [5.74, 6) is 0. The summed E-state index contributed by atoms with van der Waals surface area (Å²) in [4.78, 5) is 0. The maximum Gasteiger partial charge on any atom is 0.0331 e. The van der Waals surface area contributed by atoms with Crippen LogP contribution in [0.1, 0.15) is 47.7 Å². The Morgan fingerprint density at radius 3 is 2.80 bits per heavy atom. The lowest BCUT2D eigenvalue weighted by Crippen LogP contribution is -2.23. The zero-order valence-corrected chi connectivity index (χ0v) is 13.6. The summed E-state index contributed by atoms with van der Waals surface area (Å²) in [5, 5.41) is 3.78. The van der Waals surface area contributed by atoms with Crippen molar-refractivity contribution in [2.75, 3.05) is 0 Å². The Bertz CT molecular complexity index is 621. The summed E-state index contributed by atoms with van der Waals surface area (Å²) in [7, 11) is 0. The zero-order valence-electron chi connectivity index (χ0n) is 12.0. The molecule has 2 heteroatoms. The van der Waals surface area contributed by atoms with Crippen LogP contribution in [0.25, 0.3) is 0 Å². The van der Waals surface area contributed by atoms with Crippen molar-refractivity contribution in [2.24, 2.45) is 0 Å². The van der Waals surface area contributed by atoms with Crippen molar-refractivity contribution in [1.82, 2.24) is 5.32 Å². The minimum Gasteiger partial charge on any atom is -0.303 e. The van der Waals surface area contributed by atoms with Gasteiger partial charge in [0.2, 0.25) is 0 Å². The molecule has 2 aromatic rings. The zero-order chi connectivity index (χ0) is 14.1. The molecule has 0 saturated carbocycles. The summed E-state index contributed by atoms with van der Waals surface area (Å²) in [5.41, 5.74) is 5.62. The van der Waals surface area contributed by atoms with Gasteiger partial charge in [-0.05, 0) is 49.4 Å². The predicted molar refractivity (Wildman–Crippen MR) is 87.9 cm³/mol. The molecular formula is C18H20BrN. The molecule has 1 N–H and O–H groups in total. The second-order valence-electron chi connectivity index (χ2n) is 5.70. The molecule has 0 saturated heterocycles. The molecule has 0 radical (unpaired) electrons. The molecule has 3 rings (SSSR count). The third-order valence-corrected chi connectivity index (χ3v) is 4.95. The van der Waals surface area contributed by atoms with Gasteiger partial charge in [0, 0.05) is 16.6 Å². The van der Waals surface area contributed by atoms with Crippen molar-refractivity contribution >= 4 is 15.9 Å². The molecule has 0 fully saturated rings. The Kier molecular flexibility index (Phi) is 3.95. The van der Waals surface area contributed by atoms with E-state index in [0.717, 1.165) is 6.42 Å². The van der Waals surface area contributed by atoms with Gasteiger partial charge in [-0.3, -0.25) is 0 Å². The molecule has 0 bridgehead atoms. The molecule has 1 aliphatic rings. The molecule has 0 heterocycles. The second-order valence-corrected chi connectivity index (χ2v) is 6.56. The Balaban J connectivity index is 1.79. The van der Waals surface area contributed by atoms with E-state index in [1.54, 1.807) is 0 Å². The number of aryl methyl sites for hydroxylation is 1. The van der Waals surface area contributed by atoms with Crippen LogP contribution in [0.2, 0.25) is 0 Å². The van der Waals surface area contributed by atoms with E-state index < -0.39 is 0 Å². The summed E-state index contributed by atoms with van der Waals surface area (Å²) < 4.78 is 1.25. The van der Waals surface area contributed by atoms with E-state index in [9.17, 15) is 0 Å². The Morgan fingerprint density at radius 1 is 1.20 bits per heavy atom. The van der Waals surface area contributed by atoms with Gasteiger partial charge in [0.15, 0.2) is 0 Å². The highest BCUT2D eigenvalue weighted by Crippen LogP contribution is 2.36. The molecule has 0 aliphatic heterocycles. The smallest absolute Gasteiger partial charge is 0.0331 e. The molecule has 0 amide bonds. The number of rotatable bonds is 3. The normalized spacial score (nSPS) is 18.9. The first-order chi connectivity index (χ1) is 9.65. The van der Waals surface area contributed by atoms with Crippen LogP contribution < -0.4 is 5.32 Å². The van der Waals surface area contributed by atoms with Gasteiger partial charge in [0.1, 0.15) is 0 Å². The molecule has 1 aliphatic carbocycles. The Hall–Kier alpha value is -1.12. The van der Waals surface area contributed by atoms with E-state index in [2.05, 4.69) is 77.6 Å². The van der Waals surface area contributed by atoms with Crippen LogP contribution in [0.3, 0.4) is 0 Å². The standard InChI is InChI=1S/C18H20BrN/c1-12-5-3-6-14(11-12)13(2)20-18-10-9-15-16(18)7-4-8-17(15)19/h3-8,11,13,18,20H,9-10H2,1-2H3/t13-,18?/m1/s1. The average molecular weight is 330 g/mol. The van der Waals surface area contributed by atoms with E-state index in [-0.39, 0.29) is 0 Å². The number of nitrogens with one attached hydrogen (secondary N) is 1. The molecule has 104 valence electrons. The molecule has 1 unspecified atom stereocenters. The number of hydrogen-bond acceptors (Lipinski definition) is 1. The van der Waals surface area contributed by atoms with Gasteiger partial charge in [-0.15, -0.1) is 0 Å². The maximum absolute atomic E-state index is 3.78. The highest BCUT2D eigenvalue weighted by Gasteiger charge is 2.25. The van der Waals surface area contributed by atoms with Crippen molar-refractivity contribution < 1.29 is 0 Å². The lowest BCUT2D eigenvalue weighted by atomic mass is 10.0. The highest BCUT2D eigenvalue weighted by atomic mass is 79.9. The minimum atomic E-state index is 0.379. The quantitative estimate of drug-likeness (QED) is 0.826. The van der Waals surface area contributed by atoms with Crippen LogP contribution in [0.5, 0.6) is 0 Å². The van der Waals surface area contributed by atoms with Crippen LogP contribution in [0, 0.1) is 6.92 Å². The summed E-state index contributed by atoms with van der Waals surface area (Å²) in [6.45, 7) is 4.41. The summed E-state index contributed by atoms with van der Waals surface area (Å²) in [6.07, 6.45) is 2.35. The van der Waals surface area contributed by atoms with Crippen LogP contribution in [0.15, 0.2) is 46.9 Å². The predicted octanol–water partition coefficient (Wildman–Crippen LogP) is 5.10. The average Bonchev–Trinajstić information content (AvgIpc) is 2.83. The fourth-order valence-corrected chi connectivity index (χ4v) is 3.70. The molecule has 2 atom stereocenters. The van der Waals surface area contributed by atoms with Gasteiger partial charge in [0.25, 0.3) is 0 Å². The van der Waals surface area contributed by atoms with Crippen LogP contribution in [-0.2, 0) is 6.42 Å². The van der Waals surface area contributed by atoms with E-state index in [1.807, 2.05) is 0 Å². The Morgan fingerprint density at radius 2 is 2.00 bits per heavy atom. The van der Waals surface area contributed by atoms with Crippen molar-refractivity contribution in [3.63, 3.8) is 0 Å². The SMILES string of the molecule is Cc1cccc([C@@H](C)NC2CCc3c(Br)cccc32)c1. The Labute approximate surface area is 129 Å². The van der Waals surface area contributed by atoms with Crippen molar-refractivity contribution in [3.8, 4) is 0 Å². The highest BCUT2D eigenvalue weighted by molar-refractivity contribution is 9.10. The first kappa shape index (κ1) is 13.8. The van der Waals surface area contributed by atoms with Crippen molar-refractivity contribution in [1.29, 1.82) is 0 Å². The maximum atomic E-state index is 3.78. The third kappa shape index (κ3) is 2.68. The first-order valence-corrected chi connectivity index (χ1v) is 8.04. The summed E-state index contributed by atoms with van der Waals surface area (Å²) in [6, 6.07) is 16.2. The number of halogens is 1. The molecule has 1 nitrogen and oxygen atoms in total. The van der Waals surface area contributed by atoms with Gasteiger partial charge in [0.05, 0.1) is 0 Å². The van der Waals surface area contributed by atoms with E-state index in [0.29, 0.717) is 12.1 Å². The molecular weight excluding hydrogens is 310 g/mol.